The van der Waals surface area contributed by atoms with Gasteiger partial charge >= 0.3 is 0 Å². The summed E-state index contributed by atoms with van der Waals surface area (Å²) in [6, 6.07) is 7.68. The van der Waals surface area contributed by atoms with E-state index in [0.717, 1.165) is 24.8 Å². The fourth-order valence-corrected chi connectivity index (χ4v) is 3.55. The average Bonchev–Trinajstić information content (AvgIpc) is 3.16. The van der Waals surface area contributed by atoms with Gasteiger partial charge in [-0.05, 0) is 44.9 Å². The SMILES string of the molecule is CC(C)Oc1cc2nn([C@H]3CCCOC3)cc2cc1C(=O)Nc1cccc(C(F)F)n1. The molecule has 1 saturated heterocycles. The lowest BCUT2D eigenvalue weighted by Crippen LogP contribution is -2.21. The van der Waals surface area contributed by atoms with Gasteiger partial charge in [0, 0.05) is 24.3 Å². The number of carbonyl (C=O) groups is 1. The third-order valence-corrected chi connectivity index (χ3v) is 4.98. The summed E-state index contributed by atoms with van der Waals surface area (Å²) in [7, 11) is 0. The number of aromatic nitrogens is 3. The molecule has 3 heterocycles. The Morgan fingerprint density at radius 3 is 2.87 bits per heavy atom. The van der Waals surface area contributed by atoms with E-state index >= 15 is 0 Å². The molecule has 31 heavy (non-hydrogen) atoms. The van der Waals surface area contributed by atoms with Gasteiger partial charge in [0.15, 0.2) is 0 Å². The van der Waals surface area contributed by atoms with Gasteiger partial charge in [-0.1, -0.05) is 6.07 Å². The largest absolute Gasteiger partial charge is 0.490 e. The number of amides is 1. The van der Waals surface area contributed by atoms with E-state index in [-0.39, 0.29) is 23.5 Å². The van der Waals surface area contributed by atoms with Crippen molar-refractivity contribution < 1.29 is 23.0 Å². The second-order valence-corrected chi connectivity index (χ2v) is 7.76. The van der Waals surface area contributed by atoms with E-state index in [4.69, 9.17) is 9.47 Å². The van der Waals surface area contributed by atoms with Gasteiger partial charge in [0.1, 0.15) is 17.3 Å². The zero-order valence-corrected chi connectivity index (χ0v) is 17.3. The first kappa shape index (κ1) is 21.2. The number of hydrogen-bond donors (Lipinski definition) is 1. The van der Waals surface area contributed by atoms with Crippen molar-refractivity contribution in [1.82, 2.24) is 14.8 Å². The molecule has 2 aromatic heterocycles. The van der Waals surface area contributed by atoms with Crippen LogP contribution in [0, 0.1) is 0 Å². The molecule has 1 aromatic carbocycles. The Balaban J connectivity index is 1.67. The standard InChI is InChI=1S/C22H24F2N4O3/c1-13(2)31-19-10-18-14(11-28(27-18)15-5-4-8-30-12-15)9-16(19)22(29)26-20-7-3-6-17(25-20)21(23)24/h3,6-7,9-11,13,15,21H,4-5,8,12H2,1-2H3,(H,25,26,29)/t15-/m0/s1. The molecule has 1 atom stereocenters. The summed E-state index contributed by atoms with van der Waals surface area (Å²) in [6.45, 7) is 5.08. The number of benzene rings is 1. The molecule has 0 radical (unpaired) electrons. The smallest absolute Gasteiger partial charge is 0.280 e. The minimum absolute atomic E-state index is 0.0495. The Kier molecular flexibility index (Phi) is 6.13. The number of nitrogens with zero attached hydrogens (tertiary/aromatic N) is 3. The number of pyridine rings is 1. The summed E-state index contributed by atoms with van der Waals surface area (Å²) >= 11 is 0. The second kappa shape index (κ2) is 8.97. The van der Waals surface area contributed by atoms with Gasteiger partial charge in [-0.25, -0.2) is 13.8 Å². The number of alkyl halides is 2. The molecule has 1 aliphatic rings. The zero-order valence-electron chi connectivity index (χ0n) is 17.3. The summed E-state index contributed by atoms with van der Waals surface area (Å²) in [6.07, 6.45) is 0.949. The molecule has 1 amide bonds. The van der Waals surface area contributed by atoms with Crippen molar-refractivity contribution in [3.8, 4) is 5.75 Å². The molecule has 0 unspecified atom stereocenters. The molecule has 164 valence electrons. The predicted molar refractivity (Wildman–Crippen MR) is 112 cm³/mol. The van der Waals surface area contributed by atoms with E-state index < -0.39 is 18.0 Å². The van der Waals surface area contributed by atoms with Crippen molar-refractivity contribution in [2.45, 2.75) is 45.3 Å². The number of nitrogens with one attached hydrogen (secondary N) is 1. The van der Waals surface area contributed by atoms with Crippen molar-refractivity contribution in [3.63, 3.8) is 0 Å². The molecule has 1 fully saturated rings. The maximum atomic E-state index is 13.0. The topological polar surface area (TPSA) is 78.3 Å². The molecule has 7 nitrogen and oxygen atoms in total. The number of halogens is 2. The predicted octanol–water partition coefficient (Wildman–Crippen LogP) is 4.76. The summed E-state index contributed by atoms with van der Waals surface area (Å²) in [5, 5.41) is 8.02. The molecule has 1 N–H and O–H groups in total. The summed E-state index contributed by atoms with van der Waals surface area (Å²) in [5.41, 5.74) is 0.586. The Labute approximate surface area is 178 Å². The monoisotopic (exact) mass is 430 g/mol. The van der Waals surface area contributed by atoms with E-state index in [1.165, 1.54) is 18.2 Å². The van der Waals surface area contributed by atoms with Gasteiger partial charge in [0.25, 0.3) is 12.3 Å². The van der Waals surface area contributed by atoms with Crippen molar-refractivity contribution in [3.05, 3.63) is 47.8 Å². The highest BCUT2D eigenvalue weighted by molar-refractivity contribution is 6.08. The van der Waals surface area contributed by atoms with E-state index in [1.807, 2.05) is 24.7 Å². The van der Waals surface area contributed by atoms with Gasteiger partial charge in [-0.3, -0.25) is 9.48 Å². The molecular weight excluding hydrogens is 406 g/mol. The molecule has 0 bridgehead atoms. The molecule has 9 heteroatoms. The third kappa shape index (κ3) is 4.82. The molecule has 4 rings (SSSR count). The van der Waals surface area contributed by atoms with Crippen LogP contribution < -0.4 is 10.1 Å². The van der Waals surface area contributed by atoms with E-state index in [1.54, 1.807) is 12.1 Å². The summed E-state index contributed by atoms with van der Waals surface area (Å²) < 4.78 is 39.1. The Bertz CT molecular complexity index is 1080. The van der Waals surface area contributed by atoms with Crippen LogP contribution in [0.15, 0.2) is 36.5 Å². The van der Waals surface area contributed by atoms with E-state index in [2.05, 4.69) is 15.4 Å². The number of carbonyl (C=O) groups excluding carboxylic acids is 1. The first-order valence-corrected chi connectivity index (χ1v) is 10.2. The van der Waals surface area contributed by atoms with Gasteiger partial charge in [0.05, 0.1) is 29.8 Å². The number of anilines is 1. The van der Waals surface area contributed by atoms with Gasteiger partial charge < -0.3 is 14.8 Å². The second-order valence-electron chi connectivity index (χ2n) is 7.76. The highest BCUT2D eigenvalue weighted by Crippen LogP contribution is 2.29. The Morgan fingerprint density at radius 1 is 1.32 bits per heavy atom. The van der Waals surface area contributed by atoms with Crippen molar-refractivity contribution in [2.24, 2.45) is 0 Å². The molecule has 1 aliphatic heterocycles. The lowest BCUT2D eigenvalue weighted by molar-refractivity contribution is 0.0552. The van der Waals surface area contributed by atoms with Crippen LogP contribution in [0.5, 0.6) is 5.75 Å². The Hall–Kier alpha value is -3.07. The van der Waals surface area contributed by atoms with Crippen molar-refractivity contribution in [1.29, 1.82) is 0 Å². The van der Waals surface area contributed by atoms with Gasteiger partial charge in [-0.15, -0.1) is 0 Å². The highest BCUT2D eigenvalue weighted by atomic mass is 19.3. The Morgan fingerprint density at radius 2 is 2.16 bits per heavy atom. The third-order valence-electron chi connectivity index (χ3n) is 4.98. The van der Waals surface area contributed by atoms with Crippen LogP contribution in [0.4, 0.5) is 14.6 Å². The maximum Gasteiger partial charge on any atom is 0.280 e. The van der Waals surface area contributed by atoms with Crippen LogP contribution in [-0.4, -0.2) is 40.0 Å². The molecule has 0 spiro atoms. The lowest BCUT2D eigenvalue weighted by atomic mass is 10.1. The number of ether oxygens (including phenoxy) is 2. The van der Waals surface area contributed by atoms with Crippen molar-refractivity contribution >= 4 is 22.6 Å². The molecule has 0 saturated carbocycles. The van der Waals surface area contributed by atoms with Crippen LogP contribution in [0.2, 0.25) is 0 Å². The summed E-state index contributed by atoms with van der Waals surface area (Å²) in [4.78, 5) is 16.8. The summed E-state index contributed by atoms with van der Waals surface area (Å²) in [5.74, 6) is -0.0752. The number of hydrogen-bond acceptors (Lipinski definition) is 5. The van der Waals surface area contributed by atoms with Crippen LogP contribution in [0.3, 0.4) is 0 Å². The first-order chi connectivity index (χ1) is 14.9. The van der Waals surface area contributed by atoms with Crippen LogP contribution in [0.1, 0.15) is 55.2 Å². The van der Waals surface area contributed by atoms with Crippen LogP contribution >= 0.6 is 0 Å². The first-order valence-electron chi connectivity index (χ1n) is 10.2. The lowest BCUT2D eigenvalue weighted by Gasteiger charge is -2.22. The average molecular weight is 430 g/mol. The molecule has 0 aliphatic carbocycles. The minimum atomic E-state index is -2.72. The van der Waals surface area contributed by atoms with Gasteiger partial charge in [-0.2, -0.15) is 5.10 Å². The minimum Gasteiger partial charge on any atom is -0.490 e. The maximum absolute atomic E-state index is 13.0. The highest BCUT2D eigenvalue weighted by Gasteiger charge is 2.21. The fraction of sp³-hybridized carbons (Fsp3) is 0.409. The fourth-order valence-electron chi connectivity index (χ4n) is 3.55. The van der Waals surface area contributed by atoms with Crippen molar-refractivity contribution in [2.75, 3.05) is 18.5 Å². The van der Waals surface area contributed by atoms with Crippen LogP contribution in [0.25, 0.3) is 10.9 Å². The number of rotatable bonds is 6. The van der Waals surface area contributed by atoms with E-state index in [9.17, 15) is 13.6 Å². The number of fused-ring (bicyclic) bond motifs is 1. The normalized spacial score (nSPS) is 16.8. The van der Waals surface area contributed by atoms with Gasteiger partial charge in [0.2, 0.25) is 0 Å². The molecular formula is C22H24F2N4O3. The quantitative estimate of drug-likeness (QED) is 0.610. The van der Waals surface area contributed by atoms with Crippen LogP contribution in [-0.2, 0) is 4.74 Å². The molecule has 3 aromatic rings. The zero-order chi connectivity index (χ0) is 22.0. The van der Waals surface area contributed by atoms with E-state index in [0.29, 0.717) is 17.9 Å².